The molecule has 0 aromatic carbocycles. The average Bonchev–Trinajstić information content (AvgIpc) is 2.74. The highest BCUT2D eigenvalue weighted by atomic mass is 32.2. The fourth-order valence-corrected chi connectivity index (χ4v) is 3.27. The van der Waals surface area contributed by atoms with Gasteiger partial charge in [0.15, 0.2) is 0 Å². The Balaban J connectivity index is 2.27. The van der Waals surface area contributed by atoms with Gasteiger partial charge in [-0.2, -0.15) is 5.10 Å². The van der Waals surface area contributed by atoms with Crippen molar-refractivity contribution in [3.05, 3.63) is 41.9 Å². The van der Waals surface area contributed by atoms with Gasteiger partial charge < -0.3 is 5.73 Å². The lowest BCUT2D eigenvalue weighted by atomic mass is 10.1. The van der Waals surface area contributed by atoms with Crippen molar-refractivity contribution in [1.29, 1.82) is 0 Å². The number of thioether (sulfide) groups is 1. The standard InChI is InChI=1S/C14H20N4S/c1-4-11(15)14(12-7-5-6-8-16-12)19-13-9-10(2)17-18(13)3/h5-9,11,14H,4,15H2,1-3H3. The Bertz CT molecular complexity index is 523. The van der Waals surface area contributed by atoms with Gasteiger partial charge in [0.1, 0.15) is 0 Å². The molecule has 2 rings (SSSR count). The van der Waals surface area contributed by atoms with Crippen molar-refractivity contribution >= 4 is 11.8 Å². The van der Waals surface area contributed by atoms with E-state index >= 15 is 0 Å². The van der Waals surface area contributed by atoms with Gasteiger partial charge in [0.2, 0.25) is 0 Å². The number of hydrogen-bond acceptors (Lipinski definition) is 4. The van der Waals surface area contributed by atoms with E-state index in [1.165, 1.54) is 0 Å². The highest BCUT2D eigenvalue weighted by Crippen LogP contribution is 2.37. The van der Waals surface area contributed by atoms with Gasteiger partial charge in [-0.05, 0) is 31.5 Å². The van der Waals surface area contributed by atoms with Crippen LogP contribution in [0.3, 0.4) is 0 Å². The van der Waals surface area contributed by atoms with Gasteiger partial charge in [0.05, 0.1) is 21.7 Å². The molecule has 0 saturated carbocycles. The second-order valence-electron chi connectivity index (χ2n) is 4.61. The van der Waals surface area contributed by atoms with Crippen LogP contribution in [0, 0.1) is 6.92 Å². The fraction of sp³-hybridized carbons (Fsp3) is 0.429. The summed E-state index contributed by atoms with van der Waals surface area (Å²) in [5, 5.41) is 5.65. The Morgan fingerprint density at radius 3 is 2.74 bits per heavy atom. The summed E-state index contributed by atoms with van der Waals surface area (Å²) in [6.45, 7) is 4.11. The van der Waals surface area contributed by atoms with Crippen molar-refractivity contribution < 1.29 is 0 Å². The highest BCUT2D eigenvalue weighted by molar-refractivity contribution is 7.99. The Kier molecular flexibility index (Phi) is 4.61. The molecule has 0 aliphatic carbocycles. The molecule has 4 nitrogen and oxygen atoms in total. The molecule has 0 saturated heterocycles. The van der Waals surface area contributed by atoms with Gasteiger partial charge in [0.25, 0.3) is 0 Å². The van der Waals surface area contributed by atoms with E-state index in [1.54, 1.807) is 11.8 Å². The monoisotopic (exact) mass is 276 g/mol. The summed E-state index contributed by atoms with van der Waals surface area (Å²) in [5.41, 5.74) is 8.31. The van der Waals surface area contributed by atoms with E-state index in [1.807, 2.05) is 43.0 Å². The molecule has 0 amide bonds. The molecule has 0 aliphatic heterocycles. The van der Waals surface area contributed by atoms with Gasteiger partial charge >= 0.3 is 0 Å². The smallest absolute Gasteiger partial charge is 0.0946 e. The Hall–Kier alpha value is -1.33. The van der Waals surface area contributed by atoms with Gasteiger partial charge in [-0.25, -0.2) is 0 Å². The number of pyridine rings is 1. The summed E-state index contributed by atoms with van der Waals surface area (Å²) >= 11 is 1.73. The van der Waals surface area contributed by atoms with Crippen LogP contribution in [0.5, 0.6) is 0 Å². The lowest BCUT2D eigenvalue weighted by Crippen LogP contribution is -2.26. The zero-order chi connectivity index (χ0) is 13.8. The SMILES string of the molecule is CCC(N)C(Sc1cc(C)nn1C)c1ccccn1. The van der Waals surface area contributed by atoms with E-state index in [4.69, 9.17) is 5.73 Å². The molecule has 2 atom stereocenters. The van der Waals surface area contributed by atoms with Gasteiger partial charge in [-0.15, -0.1) is 0 Å². The molecule has 0 bridgehead atoms. The molecular weight excluding hydrogens is 256 g/mol. The lowest BCUT2D eigenvalue weighted by molar-refractivity contribution is 0.619. The molecule has 2 unspecified atom stereocenters. The molecule has 19 heavy (non-hydrogen) atoms. The van der Waals surface area contributed by atoms with Gasteiger partial charge in [0, 0.05) is 19.3 Å². The minimum atomic E-state index is 0.0788. The molecule has 0 aliphatic rings. The normalized spacial score (nSPS) is 14.3. The quantitative estimate of drug-likeness (QED) is 0.853. The molecule has 0 spiro atoms. The first kappa shape index (κ1) is 14.1. The largest absolute Gasteiger partial charge is 0.326 e. The lowest BCUT2D eigenvalue weighted by Gasteiger charge is -2.21. The number of hydrogen-bond donors (Lipinski definition) is 1. The molecule has 2 N–H and O–H groups in total. The Labute approximate surface area is 118 Å². The highest BCUT2D eigenvalue weighted by Gasteiger charge is 2.22. The molecule has 2 heterocycles. The summed E-state index contributed by atoms with van der Waals surface area (Å²) in [6, 6.07) is 8.14. The third-order valence-corrected chi connectivity index (χ3v) is 4.51. The molecule has 5 heteroatoms. The third-order valence-electron chi connectivity index (χ3n) is 3.05. The minimum absolute atomic E-state index is 0.0788. The maximum Gasteiger partial charge on any atom is 0.0946 e. The van der Waals surface area contributed by atoms with E-state index in [2.05, 4.69) is 23.1 Å². The van der Waals surface area contributed by atoms with Crippen molar-refractivity contribution in [3.8, 4) is 0 Å². The fourth-order valence-electron chi connectivity index (χ4n) is 1.95. The summed E-state index contributed by atoms with van der Waals surface area (Å²) in [6.07, 6.45) is 2.74. The van der Waals surface area contributed by atoms with E-state index in [0.717, 1.165) is 22.8 Å². The van der Waals surface area contributed by atoms with Crippen molar-refractivity contribution in [2.24, 2.45) is 12.8 Å². The Morgan fingerprint density at radius 1 is 1.42 bits per heavy atom. The first-order valence-corrected chi connectivity index (χ1v) is 7.33. The number of aromatic nitrogens is 3. The zero-order valence-corrected chi connectivity index (χ0v) is 12.4. The predicted molar refractivity (Wildman–Crippen MR) is 79.0 cm³/mol. The van der Waals surface area contributed by atoms with Crippen LogP contribution in [0.1, 0.15) is 30.0 Å². The summed E-state index contributed by atoms with van der Waals surface area (Å²) in [5.74, 6) is 0. The van der Waals surface area contributed by atoms with Crippen LogP contribution in [0.2, 0.25) is 0 Å². The maximum absolute atomic E-state index is 6.26. The average molecular weight is 276 g/mol. The van der Waals surface area contributed by atoms with Crippen LogP contribution in [-0.4, -0.2) is 20.8 Å². The molecule has 2 aromatic rings. The maximum atomic E-state index is 6.26. The van der Waals surface area contributed by atoms with Gasteiger partial charge in [-0.1, -0.05) is 24.8 Å². The second-order valence-corrected chi connectivity index (χ2v) is 5.77. The number of nitrogens with two attached hydrogens (primary N) is 1. The topological polar surface area (TPSA) is 56.7 Å². The van der Waals surface area contributed by atoms with Crippen LogP contribution in [0.4, 0.5) is 0 Å². The van der Waals surface area contributed by atoms with E-state index < -0.39 is 0 Å². The summed E-state index contributed by atoms with van der Waals surface area (Å²) in [7, 11) is 1.96. The first-order chi connectivity index (χ1) is 9.11. The van der Waals surface area contributed by atoms with Crippen LogP contribution in [-0.2, 0) is 7.05 Å². The minimum Gasteiger partial charge on any atom is -0.326 e. The van der Waals surface area contributed by atoms with E-state index in [-0.39, 0.29) is 11.3 Å². The molecule has 102 valence electrons. The third kappa shape index (κ3) is 3.36. The number of aryl methyl sites for hydroxylation is 2. The van der Waals surface area contributed by atoms with Crippen molar-refractivity contribution in [1.82, 2.24) is 14.8 Å². The van der Waals surface area contributed by atoms with Crippen LogP contribution < -0.4 is 5.73 Å². The van der Waals surface area contributed by atoms with E-state index in [0.29, 0.717) is 0 Å². The van der Waals surface area contributed by atoms with Crippen molar-refractivity contribution in [2.45, 2.75) is 36.6 Å². The zero-order valence-electron chi connectivity index (χ0n) is 11.6. The van der Waals surface area contributed by atoms with Crippen LogP contribution in [0.15, 0.2) is 35.5 Å². The van der Waals surface area contributed by atoms with Crippen molar-refractivity contribution in [3.63, 3.8) is 0 Å². The van der Waals surface area contributed by atoms with Crippen LogP contribution >= 0.6 is 11.8 Å². The molecule has 0 fully saturated rings. The number of nitrogens with zero attached hydrogens (tertiary/aromatic N) is 3. The molecule has 2 aromatic heterocycles. The number of rotatable bonds is 5. The van der Waals surface area contributed by atoms with Crippen molar-refractivity contribution in [2.75, 3.05) is 0 Å². The Morgan fingerprint density at radius 2 is 2.21 bits per heavy atom. The first-order valence-electron chi connectivity index (χ1n) is 6.45. The van der Waals surface area contributed by atoms with Gasteiger partial charge in [-0.3, -0.25) is 9.67 Å². The summed E-state index contributed by atoms with van der Waals surface area (Å²) < 4.78 is 1.90. The second kappa shape index (κ2) is 6.21. The predicted octanol–water partition coefficient (Wildman–Crippen LogP) is 2.69. The summed E-state index contributed by atoms with van der Waals surface area (Å²) in [4.78, 5) is 4.45. The molecular formula is C14H20N4S. The van der Waals surface area contributed by atoms with Crippen LogP contribution in [0.25, 0.3) is 0 Å². The van der Waals surface area contributed by atoms with E-state index in [9.17, 15) is 0 Å². The molecule has 0 radical (unpaired) electrons.